The van der Waals surface area contributed by atoms with Crippen LogP contribution in [0, 0.1) is 0 Å². The lowest BCUT2D eigenvalue weighted by atomic mass is 10.3. The van der Waals surface area contributed by atoms with Crippen molar-refractivity contribution in [3.63, 3.8) is 0 Å². The molecular formula is C8H16N2O2. The van der Waals surface area contributed by atoms with Crippen LogP contribution in [0.15, 0.2) is 11.8 Å². The van der Waals surface area contributed by atoms with Gasteiger partial charge in [0.05, 0.1) is 5.70 Å². The highest BCUT2D eigenvalue weighted by Gasteiger charge is 2.25. The Morgan fingerprint density at radius 1 is 1.75 bits per heavy atom. The van der Waals surface area contributed by atoms with E-state index >= 15 is 0 Å². The summed E-state index contributed by atoms with van der Waals surface area (Å²) < 4.78 is 0. The number of aliphatic hydroxyl groups is 2. The summed E-state index contributed by atoms with van der Waals surface area (Å²) in [6.07, 6.45) is 1.98. The van der Waals surface area contributed by atoms with Crippen molar-refractivity contribution < 1.29 is 10.2 Å². The molecule has 4 N–H and O–H groups in total. The molecule has 12 heavy (non-hydrogen) atoms. The number of nitrogens with two attached hydrogens (primary N) is 1. The van der Waals surface area contributed by atoms with E-state index in [-0.39, 0.29) is 0 Å². The first-order chi connectivity index (χ1) is 5.66. The summed E-state index contributed by atoms with van der Waals surface area (Å²) in [5.74, 6) is 0. The van der Waals surface area contributed by atoms with Gasteiger partial charge in [-0.05, 0) is 19.8 Å². The van der Waals surface area contributed by atoms with Gasteiger partial charge in [-0.2, -0.15) is 0 Å². The smallest absolute Gasteiger partial charge is 0.143 e. The van der Waals surface area contributed by atoms with Crippen molar-refractivity contribution >= 4 is 0 Å². The van der Waals surface area contributed by atoms with Gasteiger partial charge in [-0.3, -0.25) is 0 Å². The summed E-state index contributed by atoms with van der Waals surface area (Å²) in [7, 11) is 0. The minimum atomic E-state index is -0.984. The molecule has 2 atom stereocenters. The second-order valence-corrected chi connectivity index (χ2v) is 2.97. The SMILES string of the molecule is C/C=C(/C(N)O)N1CCCC1O. The molecule has 0 aliphatic carbocycles. The molecule has 70 valence electrons. The first kappa shape index (κ1) is 9.51. The Morgan fingerprint density at radius 3 is 2.75 bits per heavy atom. The number of aliphatic hydroxyl groups excluding tert-OH is 2. The van der Waals surface area contributed by atoms with E-state index in [1.807, 2.05) is 0 Å². The number of nitrogens with zero attached hydrogens (tertiary/aromatic N) is 1. The highest BCUT2D eigenvalue weighted by Crippen LogP contribution is 2.20. The molecule has 0 aromatic heterocycles. The first-order valence-electron chi connectivity index (χ1n) is 4.21. The zero-order valence-corrected chi connectivity index (χ0v) is 7.27. The maximum Gasteiger partial charge on any atom is 0.143 e. The van der Waals surface area contributed by atoms with Gasteiger partial charge in [0.2, 0.25) is 0 Å². The quantitative estimate of drug-likeness (QED) is 0.495. The minimum absolute atomic E-state index is 0.477. The molecule has 1 aliphatic rings. The van der Waals surface area contributed by atoms with E-state index in [4.69, 9.17) is 10.8 Å². The van der Waals surface area contributed by atoms with Gasteiger partial charge in [0.15, 0.2) is 0 Å². The predicted molar refractivity (Wildman–Crippen MR) is 45.9 cm³/mol. The Bertz CT molecular complexity index is 180. The lowest BCUT2D eigenvalue weighted by Crippen LogP contribution is -2.37. The van der Waals surface area contributed by atoms with E-state index in [1.165, 1.54) is 0 Å². The molecule has 0 amide bonds. The monoisotopic (exact) mass is 172 g/mol. The lowest BCUT2D eigenvalue weighted by molar-refractivity contribution is 0.0406. The molecule has 1 rings (SSSR count). The van der Waals surface area contributed by atoms with Gasteiger partial charge in [-0.25, -0.2) is 0 Å². The second-order valence-electron chi connectivity index (χ2n) is 2.97. The van der Waals surface area contributed by atoms with Crippen molar-refractivity contribution in [3.05, 3.63) is 11.8 Å². The van der Waals surface area contributed by atoms with E-state index in [2.05, 4.69) is 0 Å². The van der Waals surface area contributed by atoms with Gasteiger partial charge in [-0.15, -0.1) is 0 Å². The molecule has 4 nitrogen and oxygen atoms in total. The fourth-order valence-corrected chi connectivity index (χ4v) is 1.56. The van der Waals surface area contributed by atoms with E-state index in [9.17, 15) is 5.11 Å². The normalized spacial score (nSPS) is 27.8. The van der Waals surface area contributed by atoms with Gasteiger partial charge < -0.3 is 20.8 Å². The van der Waals surface area contributed by atoms with Crippen molar-refractivity contribution in [1.29, 1.82) is 0 Å². The van der Waals surface area contributed by atoms with Gasteiger partial charge in [0.25, 0.3) is 0 Å². The van der Waals surface area contributed by atoms with Crippen LogP contribution in [0.5, 0.6) is 0 Å². The highest BCUT2D eigenvalue weighted by molar-refractivity contribution is 5.06. The number of likely N-dealkylation sites (tertiary alicyclic amines) is 1. The largest absolute Gasteiger partial charge is 0.374 e. The minimum Gasteiger partial charge on any atom is -0.374 e. The third-order valence-corrected chi connectivity index (χ3v) is 2.15. The van der Waals surface area contributed by atoms with Crippen LogP contribution in [-0.2, 0) is 0 Å². The molecule has 1 heterocycles. The fourth-order valence-electron chi connectivity index (χ4n) is 1.56. The van der Waals surface area contributed by atoms with E-state index in [0.717, 1.165) is 19.4 Å². The van der Waals surface area contributed by atoms with Crippen LogP contribution in [0.4, 0.5) is 0 Å². The molecular weight excluding hydrogens is 156 g/mol. The highest BCUT2D eigenvalue weighted by atomic mass is 16.3. The van der Waals surface area contributed by atoms with Crippen LogP contribution < -0.4 is 5.73 Å². The maximum atomic E-state index is 9.46. The summed E-state index contributed by atoms with van der Waals surface area (Å²) >= 11 is 0. The Kier molecular flexibility index (Phi) is 3.08. The number of hydrogen-bond acceptors (Lipinski definition) is 4. The molecule has 2 unspecified atom stereocenters. The standard InChI is InChI=1S/C8H16N2O2/c1-2-6(8(9)12)10-5-3-4-7(10)11/h2,7-8,11-12H,3-5,9H2,1H3/b6-2-. The van der Waals surface area contributed by atoms with Gasteiger partial charge in [-0.1, -0.05) is 6.08 Å². The van der Waals surface area contributed by atoms with Gasteiger partial charge in [0, 0.05) is 6.54 Å². The first-order valence-corrected chi connectivity index (χ1v) is 4.21. The molecule has 0 saturated carbocycles. The Labute approximate surface area is 72.3 Å². The summed E-state index contributed by atoms with van der Waals surface area (Å²) in [5.41, 5.74) is 5.93. The third kappa shape index (κ3) is 1.77. The second kappa shape index (κ2) is 3.89. The molecule has 1 saturated heterocycles. The van der Waals surface area contributed by atoms with Crippen LogP contribution in [0.3, 0.4) is 0 Å². The van der Waals surface area contributed by atoms with Crippen LogP contribution in [-0.4, -0.2) is 34.1 Å². The Hall–Kier alpha value is -0.580. The van der Waals surface area contributed by atoms with E-state index < -0.39 is 12.5 Å². The van der Waals surface area contributed by atoms with Crippen molar-refractivity contribution in [2.75, 3.05) is 6.54 Å². The fraction of sp³-hybridized carbons (Fsp3) is 0.750. The average Bonchev–Trinajstić information content (AvgIpc) is 2.38. The maximum absolute atomic E-state index is 9.46. The number of allylic oxidation sites excluding steroid dienone is 1. The van der Waals surface area contributed by atoms with Crippen LogP contribution >= 0.6 is 0 Å². The summed E-state index contributed by atoms with van der Waals surface area (Å²) in [6.45, 7) is 2.57. The zero-order chi connectivity index (χ0) is 9.14. The predicted octanol–water partition coefficient (Wildman–Crippen LogP) is -0.419. The molecule has 0 aromatic carbocycles. The number of hydrogen-bond donors (Lipinski definition) is 3. The van der Waals surface area contributed by atoms with Crippen LogP contribution in [0.25, 0.3) is 0 Å². The van der Waals surface area contributed by atoms with Crippen molar-refractivity contribution in [1.82, 2.24) is 4.90 Å². The van der Waals surface area contributed by atoms with Crippen molar-refractivity contribution in [3.8, 4) is 0 Å². The molecule has 0 radical (unpaired) electrons. The molecule has 0 spiro atoms. The topological polar surface area (TPSA) is 69.7 Å². The number of rotatable bonds is 2. The third-order valence-electron chi connectivity index (χ3n) is 2.15. The zero-order valence-electron chi connectivity index (χ0n) is 7.27. The van der Waals surface area contributed by atoms with Gasteiger partial charge in [0.1, 0.15) is 12.5 Å². The molecule has 1 fully saturated rings. The van der Waals surface area contributed by atoms with Crippen LogP contribution in [0.2, 0.25) is 0 Å². The lowest BCUT2D eigenvalue weighted by Gasteiger charge is -2.26. The summed E-state index contributed by atoms with van der Waals surface area (Å²) in [5, 5.41) is 18.6. The molecule has 4 heteroatoms. The van der Waals surface area contributed by atoms with Crippen molar-refractivity contribution in [2.45, 2.75) is 32.2 Å². The summed E-state index contributed by atoms with van der Waals surface area (Å²) in [6, 6.07) is 0. The van der Waals surface area contributed by atoms with E-state index in [1.54, 1.807) is 17.9 Å². The molecule has 1 aliphatic heterocycles. The van der Waals surface area contributed by atoms with E-state index in [0.29, 0.717) is 5.70 Å². The average molecular weight is 172 g/mol. The summed E-state index contributed by atoms with van der Waals surface area (Å²) in [4.78, 5) is 1.74. The Balaban J connectivity index is 2.66. The van der Waals surface area contributed by atoms with Crippen LogP contribution in [0.1, 0.15) is 19.8 Å². The molecule has 0 aromatic rings. The van der Waals surface area contributed by atoms with Gasteiger partial charge >= 0.3 is 0 Å². The Morgan fingerprint density at radius 2 is 2.42 bits per heavy atom. The molecule has 0 bridgehead atoms. The van der Waals surface area contributed by atoms with Crippen molar-refractivity contribution in [2.24, 2.45) is 5.73 Å².